The quantitative estimate of drug-likeness (QED) is 0.547. The third kappa shape index (κ3) is 2.27. The van der Waals surface area contributed by atoms with Crippen molar-refractivity contribution in [1.82, 2.24) is 14.5 Å². The molecule has 0 unspecified atom stereocenters. The molecule has 0 aliphatic carbocycles. The molecule has 0 amide bonds. The molecule has 0 atom stereocenters. The van der Waals surface area contributed by atoms with Crippen molar-refractivity contribution >= 4 is 28.9 Å². The van der Waals surface area contributed by atoms with Gasteiger partial charge in [0.15, 0.2) is 17.8 Å². The number of carbonyl (C=O) groups excluding carboxylic acids is 1. The van der Waals surface area contributed by atoms with Crippen molar-refractivity contribution in [2.75, 3.05) is 14.2 Å². The predicted molar refractivity (Wildman–Crippen MR) is 82.4 cm³/mol. The smallest absolute Gasteiger partial charge is 0.163 e. The number of hydrogen-bond acceptors (Lipinski definition) is 5. The van der Waals surface area contributed by atoms with Crippen molar-refractivity contribution in [3.63, 3.8) is 0 Å². The van der Waals surface area contributed by atoms with Crippen LogP contribution >= 0.6 is 11.6 Å². The Bertz CT molecular complexity index is 861. The van der Waals surface area contributed by atoms with E-state index in [0.717, 1.165) is 11.0 Å². The zero-order valence-corrected chi connectivity index (χ0v) is 12.7. The molecule has 3 rings (SSSR count). The minimum atomic E-state index is 0.148. The van der Waals surface area contributed by atoms with Crippen molar-refractivity contribution < 1.29 is 14.3 Å². The normalized spacial score (nSPS) is 10.7. The Kier molecular flexibility index (Phi) is 3.68. The summed E-state index contributed by atoms with van der Waals surface area (Å²) < 4.78 is 12.3. The first kappa shape index (κ1) is 14.3. The van der Waals surface area contributed by atoms with Gasteiger partial charge in [-0.15, -0.1) is 0 Å². The maximum Gasteiger partial charge on any atom is 0.163 e. The van der Waals surface area contributed by atoms with E-state index in [1.165, 1.54) is 0 Å². The number of carbonyl (C=O) groups is 1. The summed E-state index contributed by atoms with van der Waals surface area (Å²) in [5.41, 5.74) is 1.86. The minimum absolute atomic E-state index is 0.148. The van der Waals surface area contributed by atoms with E-state index in [1.54, 1.807) is 43.3 Å². The van der Waals surface area contributed by atoms with E-state index in [4.69, 9.17) is 21.1 Å². The molecule has 0 radical (unpaired) electrons. The number of benzene rings is 1. The first-order valence-electron chi connectivity index (χ1n) is 6.39. The number of ether oxygens (including phenoxy) is 2. The van der Waals surface area contributed by atoms with Gasteiger partial charge >= 0.3 is 0 Å². The number of fused-ring (bicyclic) bond motifs is 1. The third-order valence-electron chi connectivity index (χ3n) is 3.29. The number of halogens is 1. The lowest BCUT2D eigenvalue weighted by Gasteiger charge is -2.09. The summed E-state index contributed by atoms with van der Waals surface area (Å²) in [6.45, 7) is 0. The Morgan fingerprint density at radius 2 is 1.91 bits per heavy atom. The molecule has 3 aromatic rings. The van der Waals surface area contributed by atoms with E-state index in [-0.39, 0.29) is 5.15 Å². The van der Waals surface area contributed by atoms with Crippen LogP contribution in [0.15, 0.2) is 30.6 Å². The van der Waals surface area contributed by atoms with Crippen LogP contribution in [0.4, 0.5) is 0 Å². The summed E-state index contributed by atoms with van der Waals surface area (Å²) in [5, 5.41) is 0.148. The van der Waals surface area contributed by atoms with Gasteiger partial charge in [0.25, 0.3) is 0 Å². The minimum Gasteiger partial charge on any atom is -0.493 e. The highest BCUT2D eigenvalue weighted by atomic mass is 35.5. The predicted octanol–water partition coefficient (Wildman–Crippen LogP) is 2.90. The Balaban J connectivity index is 2.19. The lowest BCUT2D eigenvalue weighted by molar-refractivity contribution is 0.112. The van der Waals surface area contributed by atoms with Crippen molar-refractivity contribution in [3.8, 4) is 17.3 Å². The second-order valence-corrected chi connectivity index (χ2v) is 4.84. The average Bonchev–Trinajstić information content (AvgIpc) is 2.96. The first-order chi connectivity index (χ1) is 10.7. The fourth-order valence-electron chi connectivity index (χ4n) is 2.18. The van der Waals surface area contributed by atoms with Gasteiger partial charge < -0.3 is 9.47 Å². The number of hydrogen-bond donors (Lipinski definition) is 0. The highest BCUT2D eigenvalue weighted by molar-refractivity contribution is 6.31. The van der Waals surface area contributed by atoms with Crippen molar-refractivity contribution in [1.29, 1.82) is 0 Å². The van der Waals surface area contributed by atoms with Crippen molar-refractivity contribution in [3.05, 3.63) is 41.3 Å². The fraction of sp³-hybridized carbons (Fsp3) is 0.133. The van der Waals surface area contributed by atoms with Crippen molar-refractivity contribution in [2.45, 2.75) is 0 Å². The van der Waals surface area contributed by atoms with Gasteiger partial charge in [0, 0.05) is 12.1 Å². The van der Waals surface area contributed by atoms with Gasteiger partial charge in [0.1, 0.15) is 17.3 Å². The van der Waals surface area contributed by atoms with Gasteiger partial charge in [-0.25, -0.2) is 9.97 Å². The van der Waals surface area contributed by atoms with E-state index < -0.39 is 0 Å². The molecule has 0 bridgehead atoms. The second-order valence-electron chi connectivity index (χ2n) is 4.48. The molecule has 7 heteroatoms. The number of aldehydes is 1. The Morgan fingerprint density at radius 3 is 2.55 bits per heavy atom. The van der Waals surface area contributed by atoms with E-state index in [0.29, 0.717) is 29.2 Å². The van der Waals surface area contributed by atoms with Crippen LogP contribution in [-0.4, -0.2) is 35.0 Å². The van der Waals surface area contributed by atoms with Gasteiger partial charge in [-0.05, 0) is 12.1 Å². The van der Waals surface area contributed by atoms with E-state index in [9.17, 15) is 4.79 Å². The molecule has 0 saturated heterocycles. The molecular weight excluding hydrogens is 306 g/mol. The number of pyridine rings is 1. The van der Waals surface area contributed by atoms with E-state index in [1.807, 2.05) is 6.07 Å². The zero-order chi connectivity index (χ0) is 15.7. The summed E-state index contributed by atoms with van der Waals surface area (Å²) >= 11 is 5.98. The Labute approximate surface area is 131 Å². The Morgan fingerprint density at radius 1 is 1.18 bits per heavy atom. The van der Waals surface area contributed by atoms with Crippen LogP contribution in [0.2, 0.25) is 5.15 Å². The summed E-state index contributed by atoms with van der Waals surface area (Å²) in [4.78, 5) is 19.4. The van der Waals surface area contributed by atoms with Crippen molar-refractivity contribution in [2.24, 2.45) is 0 Å². The number of aromatic nitrogens is 3. The summed E-state index contributed by atoms with van der Waals surface area (Å²) in [5.74, 6) is 1.75. The van der Waals surface area contributed by atoms with Crippen LogP contribution in [-0.2, 0) is 0 Å². The summed E-state index contributed by atoms with van der Waals surface area (Å²) in [6, 6.07) is 6.91. The van der Waals surface area contributed by atoms with E-state index in [2.05, 4.69) is 9.97 Å². The number of methoxy groups -OCH3 is 2. The third-order valence-corrected chi connectivity index (χ3v) is 3.59. The van der Waals surface area contributed by atoms with Crippen LogP contribution in [0.5, 0.6) is 11.5 Å². The SMILES string of the molecule is COc1cc2ncn(-c3ccc(C=O)c(Cl)n3)c2cc1OC. The van der Waals surface area contributed by atoms with Gasteiger partial charge in [0.05, 0.1) is 30.8 Å². The number of rotatable bonds is 4. The average molecular weight is 318 g/mol. The molecule has 0 spiro atoms. The number of nitrogens with zero attached hydrogens (tertiary/aromatic N) is 3. The van der Waals surface area contributed by atoms with Crippen LogP contribution in [0.25, 0.3) is 16.9 Å². The topological polar surface area (TPSA) is 66.2 Å². The van der Waals surface area contributed by atoms with Crippen LogP contribution in [0.1, 0.15) is 10.4 Å². The molecule has 6 nitrogen and oxygen atoms in total. The first-order valence-corrected chi connectivity index (χ1v) is 6.77. The summed E-state index contributed by atoms with van der Waals surface area (Å²) in [6.07, 6.45) is 2.29. The molecule has 0 aliphatic rings. The highest BCUT2D eigenvalue weighted by Crippen LogP contribution is 2.32. The lowest BCUT2D eigenvalue weighted by atomic mass is 10.2. The maximum absolute atomic E-state index is 10.8. The maximum atomic E-state index is 10.8. The molecule has 0 N–H and O–H groups in total. The monoisotopic (exact) mass is 317 g/mol. The van der Waals surface area contributed by atoms with Gasteiger partial charge in [-0.1, -0.05) is 11.6 Å². The standard InChI is InChI=1S/C15H12ClN3O3/c1-21-12-5-10-11(6-13(12)22-2)19(8-17-10)14-4-3-9(7-20)15(16)18-14/h3-8H,1-2H3. The van der Waals surface area contributed by atoms with Crippen LogP contribution in [0, 0.1) is 0 Å². The molecular formula is C15H12ClN3O3. The highest BCUT2D eigenvalue weighted by Gasteiger charge is 2.13. The molecule has 1 aromatic carbocycles. The van der Waals surface area contributed by atoms with Gasteiger partial charge in [-0.2, -0.15) is 0 Å². The second kappa shape index (κ2) is 5.65. The van der Waals surface area contributed by atoms with E-state index >= 15 is 0 Å². The number of imidazole rings is 1. The molecule has 2 heterocycles. The summed E-state index contributed by atoms with van der Waals surface area (Å²) in [7, 11) is 3.14. The largest absolute Gasteiger partial charge is 0.493 e. The molecule has 112 valence electrons. The molecule has 0 aliphatic heterocycles. The Hall–Kier alpha value is -2.60. The van der Waals surface area contributed by atoms with Gasteiger partial charge in [-0.3, -0.25) is 9.36 Å². The lowest BCUT2D eigenvalue weighted by Crippen LogP contribution is -1.98. The van der Waals surface area contributed by atoms with Gasteiger partial charge in [0.2, 0.25) is 0 Å². The zero-order valence-electron chi connectivity index (χ0n) is 11.9. The molecule has 22 heavy (non-hydrogen) atoms. The molecule has 0 fully saturated rings. The molecule has 2 aromatic heterocycles. The molecule has 0 saturated carbocycles. The van der Waals surface area contributed by atoms with Crippen LogP contribution < -0.4 is 9.47 Å². The fourth-order valence-corrected chi connectivity index (χ4v) is 2.37. The van der Waals surface area contributed by atoms with Crippen LogP contribution in [0.3, 0.4) is 0 Å².